The van der Waals surface area contributed by atoms with Crippen LogP contribution >= 0.6 is 27.7 Å². The standard InChI is InChI=1S/C11H16BrNS/c1-8(2)6-14-7-9-3-4-10(13)5-11(9)12/h3-5,8H,6-7,13H2,1-2H3. The molecule has 0 aromatic heterocycles. The van der Waals surface area contributed by atoms with Crippen LogP contribution in [0.1, 0.15) is 19.4 Å². The van der Waals surface area contributed by atoms with Gasteiger partial charge >= 0.3 is 0 Å². The molecule has 3 heteroatoms. The molecular weight excluding hydrogens is 258 g/mol. The number of halogens is 1. The van der Waals surface area contributed by atoms with Crippen LogP contribution in [-0.2, 0) is 5.75 Å². The fourth-order valence-corrected chi connectivity index (χ4v) is 2.87. The molecule has 78 valence electrons. The molecule has 14 heavy (non-hydrogen) atoms. The zero-order valence-corrected chi connectivity index (χ0v) is 11.0. The maximum atomic E-state index is 5.67. The summed E-state index contributed by atoms with van der Waals surface area (Å²) in [5, 5.41) is 0. The summed E-state index contributed by atoms with van der Waals surface area (Å²) in [5.41, 5.74) is 7.81. The van der Waals surface area contributed by atoms with Crippen LogP contribution in [0, 0.1) is 5.92 Å². The van der Waals surface area contributed by atoms with E-state index in [-0.39, 0.29) is 0 Å². The molecule has 1 aromatic carbocycles. The first-order valence-electron chi connectivity index (χ1n) is 4.71. The van der Waals surface area contributed by atoms with Crippen LogP contribution in [0.15, 0.2) is 22.7 Å². The number of anilines is 1. The van der Waals surface area contributed by atoms with E-state index in [1.165, 1.54) is 11.3 Å². The minimum Gasteiger partial charge on any atom is -0.399 e. The molecule has 0 saturated carbocycles. The van der Waals surface area contributed by atoms with Gasteiger partial charge in [-0.3, -0.25) is 0 Å². The molecule has 1 nitrogen and oxygen atoms in total. The molecule has 0 unspecified atom stereocenters. The average Bonchev–Trinajstić information content (AvgIpc) is 2.08. The summed E-state index contributed by atoms with van der Waals surface area (Å²) in [6.45, 7) is 4.48. The third kappa shape index (κ3) is 3.93. The van der Waals surface area contributed by atoms with E-state index in [4.69, 9.17) is 5.73 Å². The molecule has 0 bridgehead atoms. The summed E-state index contributed by atoms with van der Waals surface area (Å²) in [4.78, 5) is 0. The molecular formula is C11H16BrNS. The van der Waals surface area contributed by atoms with Crippen LogP contribution in [0.3, 0.4) is 0 Å². The Morgan fingerprint density at radius 1 is 1.43 bits per heavy atom. The van der Waals surface area contributed by atoms with Crippen LogP contribution in [0.2, 0.25) is 0 Å². The Morgan fingerprint density at radius 3 is 2.71 bits per heavy atom. The lowest BCUT2D eigenvalue weighted by atomic mass is 10.2. The van der Waals surface area contributed by atoms with Crippen molar-refractivity contribution >= 4 is 33.4 Å². The first-order valence-corrected chi connectivity index (χ1v) is 6.66. The number of nitrogens with two attached hydrogens (primary N) is 1. The predicted molar refractivity (Wildman–Crippen MR) is 69.6 cm³/mol. The van der Waals surface area contributed by atoms with Crippen LogP contribution < -0.4 is 5.73 Å². The third-order valence-corrected chi connectivity index (χ3v) is 3.94. The topological polar surface area (TPSA) is 26.0 Å². The van der Waals surface area contributed by atoms with Gasteiger partial charge < -0.3 is 5.73 Å². The van der Waals surface area contributed by atoms with Gasteiger partial charge in [-0.2, -0.15) is 11.8 Å². The Bertz CT molecular complexity index is 299. The van der Waals surface area contributed by atoms with Crippen molar-refractivity contribution in [3.05, 3.63) is 28.2 Å². The molecule has 1 rings (SSSR count). The van der Waals surface area contributed by atoms with E-state index in [1.807, 2.05) is 23.9 Å². The van der Waals surface area contributed by atoms with Gasteiger partial charge in [0.05, 0.1) is 0 Å². The predicted octanol–water partition coefficient (Wildman–Crippen LogP) is 3.92. The Kier molecular flexibility index (Phi) is 4.82. The number of thioether (sulfide) groups is 1. The van der Waals surface area contributed by atoms with Gasteiger partial charge in [0.2, 0.25) is 0 Å². The maximum Gasteiger partial charge on any atom is 0.0325 e. The minimum absolute atomic E-state index is 0.757. The third-order valence-electron chi connectivity index (χ3n) is 1.79. The second-order valence-corrected chi connectivity index (χ2v) is 5.64. The highest BCUT2D eigenvalue weighted by Crippen LogP contribution is 2.24. The van der Waals surface area contributed by atoms with Gasteiger partial charge in [0.1, 0.15) is 0 Å². The molecule has 2 N–H and O–H groups in total. The van der Waals surface area contributed by atoms with Crippen molar-refractivity contribution in [3.8, 4) is 0 Å². The van der Waals surface area contributed by atoms with E-state index in [0.29, 0.717) is 0 Å². The van der Waals surface area contributed by atoms with Crippen molar-refractivity contribution in [1.82, 2.24) is 0 Å². The summed E-state index contributed by atoms with van der Waals surface area (Å²) in [7, 11) is 0. The molecule has 0 aliphatic heterocycles. The Balaban J connectivity index is 2.51. The van der Waals surface area contributed by atoms with Gasteiger partial charge in [-0.05, 0) is 29.4 Å². The highest BCUT2D eigenvalue weighted by molar-refractivity contribution is 9.10. The molecule has 0 spiro atoms. The second-order valence-electron chi connectivity index (χ2n) is 3.76. The summed E-state index contributed by atoms with van der Waals surface area (Å²) in [6, 6.07) is 6.01. The molecule has 0 aliphatic carbocycles. The fraction of sp³-hybridized carbons (Fsp3) is 0.455. The van der Waals surface area contributed by atoms with E-state index in [0.717, 1.165) is 21.8 Å². The molecule has 0 atom stereocenters. The number of benzene rings is 1. The summed E-state index contributed by atoms with van der Waals surface area (Å²) >= 11 is 5.48. The zero-order chi connectivity index (χ0) is 10.6. The van der Waals surface area contributed by atoms with E-state index in [2.05, 4.69) is 35.8 Å². The highest BCUT2D eigenvalue weighted by Gasteiger charge is 2.01. The molecule has 1 aromatic rings. The monoisotopic (exact) mass is 273 g/mol. The van der Waals surface area contributed by atoms with E-state index in [1.54, 1.807) is 0 Å². The lowest BCUT2D eigenvalue weighted by Crippen LogP contribution is -1.93. The van der Waals surface area contributed by atoms with E-state index >= 15 is 0 Å². The van der Waals surface area contributed by atoms with Crippen molar-refractivity contribution in [2.45, 2.75) is 19.6 Å². The summed E-state index contributed by atoms with van der Waals surface area (Å²) in [6.07, 6.45) is 0. The largest absolute Gasteiger partial charge is 0.399 e. The van der Waals surface area contributed by atoms with E-state index in [9.17, 15) is 0 Å². The lowest BCUT2D eigenvalue weighted by molar-refractivity contribution is 0.750. The minimum atomic E-state index is 0.757. The van der Waals surface area contributed by atoms with Gasteiger partial charge in [0.25, 0.3) is 0 Å². The smallest absolute Gasteiger partial charge is 0.0325 e. The highest BCUT2D eigenvalue weighted by atomic mass is 79.9. The number of nitrogen functional groups attached to an aromatic ring is 1. The molecule has 0 heterocycles. The zero-order valence-electron chi connectivity index (χ0n) is 8.59. The molecule has 0 amide bonds. The van der Waals surface area contributed by atoms with Crippen LogP contribution in [-0.4, -0.2) is 5.75 Å². The quantitative estimate of drug-likeness (QED) is 0.842. The van der Waals surface area contributed by atoms with Crippen LogP contribution in [0.5, 0.6) is 0 Å². The van der Waals surface area contributed by atoms with Gasteiger partial charge in [-0.1, -0.05) is 35.8 Å². The van der Waals surface area contributed by atoms with Gasteiger partial charge in [0.15, 0.2) is 0 Å². The number of hydrogen-bond acceptors (Lipinski definition) is 2. The van der Waals surface area contributed by atoms with Crippen molar-refractivity contribution in [2.24, 2.45) is 5.92 Å². The second kappa shape index (κ2) is 5.66. The first-order chi connectivity index (χ1) is 6.59. The fourth-order valence-electron chi connectivity index (χ4n) is 1.09. The Hall–Kier alpha value is -0.150. The van der Waals surface area contributed by atoms with Crippen LogP contribution in [0.25, 0.3) is 0 Å². The summed E-state index contributed by atoms with van der Waals surface area (Å²) in [5.74, 6) is 3.02. The van der Waals surface area contributed by atoms with Gasteiger partial charge in [-0.25, -0.2) is 0 Å². The van der Waals surface area contributed by atoms with Crippen molar-refractivity contribution in [2.75, 3.05) is 11.5 Å². The van der Waals surface area contributed by atoms with E-state index < -0.39 is 0 Å². The summed E-state index contributed by atoms with van der Waals surface area (Å²) < 4.78 is 1.12. The average molecular weight is 274 g/mol. The SMILES string of the molecule is CC(C)CSCc1ccc(N)cc1Br. The lowest BCUT2D eigenvalue weighted by Gasteiger charge is -2.07. The van der Waals surface area contributed by atoms with Crippen molar-refractivity contribution in [3.63, 3.8) is 0 Å². The number of hydrogen-bond donors (Lipinski definition) is 1. The molecule has 0 saturated heterocycles. The van der Waals surface area contributed by atoms with Crippen LogP contribution in [0.4, 0.5) is 5.69 Å². The maximum absolute atomic E-state index is 5.67. The molecule has 0 fully saturated rings. The van der Waals surface area contributed by atoms with Crippen molar-refractivity contribution < 1.29 is 0 Å². The first kappa shape index (κ1) is 11.9. The Morgan fingerprint density at radius 2 is 2.14 bits per heavy atom. The normalized spacial score (nSPS) is 10.9. The molecule has 0 radical (unpaired) electrons. The molecule has 0 aliphatic rings. The van der Waals surface area contributed by atoms with Crippen molar-refractivity contribution in [1.29, 1.82) is 0 Å². The number of rotatable bonds is 4. The van der Waals surface area contributed by atoms with Gasteiger partial charge in [0, 0.05) is 15.9 Å². The Labute approximate surface area is 98.6 Å². The van der Waals surface area contributed by atoms with Gasteiger partial charge in [-0.15, -0.1) is 0 Å².